The standard InChI is InChI=1S/C17H17N3O3S/c1-22-13-4-2-3-9-5-10(8-23-15(9)13)11-6-14(21)19-7-12-16(11)24-17(18)20-12/h2-5,11H,6-8H2,1H3,(H2,18,20)(H,19,21). The minimum Gasteiger partial charge on any atom is -0.493 e. The first-order valence-corrected chi connectivity index (χ1v) is 8.49. The van der Waals surface area contributed by atoms with Crippen LogP contribution in [0.25, 0.3) is 6.08 Å². The number of nitrogens with one attached hydrogen (secondary N) is 1. The molecule has 1 unspecified atom stereocenters. The monoisotopic (exact) mass is 343 g/mol. The van der Waals surface area contributed by atoms with Gasteiger partial charge in [-0.2, -0.15) is 0 Å². The lowest BCUT2D eigenvalue weighted by Crippen LogP contribution is -2.22. The van der Waals surface area contributed by atoms with Crippen LogP contribution in [0.2, 0.25) is 0 Å². The van der Waals surface area contributed by atoms with E-state index in [4.69, 9.17) is 15.2 Å². The number of methoxy groups -OCH3 is 1. The van der Waals surface area contributed by atoms with E-state index in [1.807, 2.05) is 18.2 Å². The number of nitrogen functional groups attached to an aromatic ring is 1. The molecule has 2 aliphatic rings. The first kappa shape index (κ1) is 15.0. The molecule has 0 aliphatic carbocycles. The van der Waals surface area contributed by atoms with Crippen LogP contribution in [0.15, 0.2) is 23.8 Å². The summed E-state index contributed by atoms with van der Waals surface area (Å²) in [6, 6.07) is 5.78. The zero-order chi connectivity index (χ0) is 16.7. The van der Waals surface area contributed by atoms with E-state index in [-0.39, 0.29) is 11.8 Å². The molecule has 24 heavy (non-hydrogen) atoms. The van der Waals surface area contributed by atoms with Crippen LogP contribution < -0.4 is 20.5 Å². The van der Waals surface area contributed by atoms with Crippen molar-refractivity contribution in [2.45, 2.75) is 18.9 Å². The molecule has 0 radical (unpaired) electrons. The number of carbonyl (C=O) groups excluding carboxylic acids is 1. The van der Waals surface area contributed by atoms with Crippen LogP contribution in [0.3, 0.4) is 0 Å². The third kappa shape index (κ3) is 2.50. The fourth-order valence-corrected chi connectivity index (χ4v) is 4.17. The maximum absolute atomic E-state index is 12.1. The molecule has 1 atom stereocenters. The zero-order valence-electron chi connectivity index (χ0n) is 13.2. The molecule has 6 nitrogen and oxygen atoms in total. The lowest BCUT2D eigenvalue weighted by Gasteiger charge is -2.24. The summed E-state index contributed by atoms with van der Waals surface area (Å²) in [6.07, 6.45) is 2.47. The van der Waals surface area contributed by atoms with Gasteiger partial charge in [0.15, 0.2) is 16.6 Å². The van der Waals surface area contributed by atoms with E-state index in [0.717, 1.165) is 27.5 Å². The van der Waals surface area contributed by atoms with Crippen molar-refractivity contribution < 1.29 is 14.3 Å². The number of carbonyl (C=O) groups is 1. The zero-order valence-corrected chi connectivity index (χ0v) is 14.0. The number of hydrogen-bond donors (Lipinski definition) is 2. The fourth-order valence-electron chi connectivity index (χ4n) is 3.17. The Morgan fingerprint density at radius 3 is 3.17 bits per heavy atom. The van der Waals surface area contributed by atoms with Crippen LogP contribution in [0.4, 0.5) is 5.13 Å². The minimum absolute atomic E-state index is 0.0149. The molecular formula is C17H17N3O3S. The van der Waals surface area contributed by atoms with Crippen molar-refractivity contribution in [3.05, 3.63) is 39.9 Å². The largest absolute Gasteiger partial charge is 0.493 e. The van der Waals surface area contributed by atoms with Crippen LogP contribution in [-0.4, -0.2) is 24.6 Å². The van der Waals surface area contributed by atoms with E-state index in [1.54, 1.807) is 7.11 Å². The van der Waals surface area contributed by atoms with Gasteiger partial charge in [-0.15, -0.1) is 11.3 Å². The molecule has 4 rings (SSSR count). The molecule has 0 spiro atoms. The molecule has 3 N–H and O–H groups in total. The first-order chi connectivity index (χ1) is 11.7. The second kappa shape index (κ2) is 5.83. The highest BCUT2D eigenvalue weighted by Gasteiger charge is 2.31. The molecule has 0 saturated carbocycles. The second-order valence-corrected chi connectivity index (χ2v) is 6.85. The number of benzene rings is 1. The third-order valence-corrected chi connectivity index (χ3v) is 5.34. The number of anilines is 1. The molecular weight excluding hydrogens is 326 g/mol. The number of aromatic nitrogens is 1. The van der Waals surface area contributed by atoms with Gasteiger partial charge >= 0.3 is 0 Å². The number of fused-ring (bicyclic) bond motifs is 2. The first-order valence-electron chi connectivity index (χ1n) is 7.67. The van der Waals surface area contributed by atoms with Crippen molar-refractivity contribution in [2.24, 2.45) is 0 Å². The molecule has 3 heterocycles. The number of hydrogen-bond acceptors (Lipinski definition) is 6. The molecule has 1 aromatic heterocycles. The SMILES string of the molecule is COc1cccc2c1OCC(C1CC(=O)NCc3nc(N)sc31)=C2. The van der Waals surface area contributed by atoms with Gasteiger partial charge in [0.2, 0.25) is 5.91 Å². The van der Waals surface area contributed by atoms with Crippen LogP contribution in [0.5, 0.6) is 11.5 Å². The molecule has 7 heteroatoms. The number of thiazole rings is 1. The molecule has 2 aromatic rings. The predicted octanol–water partition coefficient (Wildman–Crippen LogP) is 2.31. The Morgan fingerprint density at radius 1 is 1.46 bits per heavy atom. The highest BCUT2D eigenvalue weighted by Crippen LogP contribution is 2.42. The van der Waals surface area contributed by atoms with E-state index < -0.39 is 0 Å². The number of ether oxygens (including phenoxy) is 2. The summed E-state index contributed by atoms with van der Waals surface area (Å²) < 4.78 is 11.3. The van der Waals surface area contributed by atoms with Gasteiger partial charge in [-0.1, -0.05) is 12.1 Å². The van der Waals surface area contributed by atoms with Crippen LogP contribution in [0, 0.1) is 0 Å². The quantitative estimate of drug-likeness (QED) is 0.874. The number of rotatable bonds is 2. The van der Waals surface area contributed by atoms with Gasteiger partial charge in [0.1, 0.15) is 6.61 Å². The molecule has 0 fully saturated rings. The third-order valence-electron chi connectivity index (χ3n) is 4.30. The van der Waals surface area contributed by atoms with E-state index in [0.29, 0.717) is 30.5 Å². The Hall–Kier alpha value is -2.54. The van der Waals surface area contributed by atoms with E-state index in [2.05, 4.69) is 16.4 Å². The maximum atomic E-state index is 12.1. The molecule has 1 aromatic carbocycles. The lowest BCUT2D eigenvalue weighted by atomic mass is 9.90. The maximum Gasteiger partial charge on any atom is 0.221 e. The van der Waals surface area contributed by atoms with Crippen LogP contribution >= 0.6 is 11.3 Å². The van der Waals surface area contributed by atoms with Gasteiger partial charge in [-0.25, -0.2) is 4.98 Å². The summed E-state index contributed by atoms with van der Waals surface area (Å²) in [5, 5.41) is 3.41. The summed E-state index contributed by atoms with van der Waals surface area (Å²) in [6.45, 7) is 0.847. The van der Waals surface area contributed by atoms with Crippen molar-refractivity contribution in [2.75, 3.05) is 19.5 Å². The van der Waals surface area contributed by atoms with Crippen molar-refractivity contribution in [1.82, 2.24) is 10.3 Å². The van der Waals surface area contributed by atoms with E-state index in [9.17, 15) is 4.79 Å². The minimum atomic E-state index is -0.0587. The summed E-state index contributed by atoms with van der Waals surface area (Å²) in [5.41, 5.74) is 8.74. The normalized spacial score (nSPS) is 19.3. The Bertz CT molecular complexity index is 844. The van der Waals surface area contributed by atoms with Gasteiger partial charge in [0.25, 0.3) is 0 Å². The topological polar surface area (TPSA) is 86.5 Å². The Kier molecular flexibility index (Phi) is 3.65. The van der Waals surface area contributed by atoms with Gasteiger partial charge in [-0.05, 0) is 17.7 Å². The van der Waals surface area contributed by atoms with Crippen molar-refractivity contribution in [3.63, 3.8) is 0 Å². The Labute approximate surface area is 143 Å². The van der Waals surface area contributed by atoms with Crippen molar-refractivity contribution >= 4 is 28.5 Å². The van der Waals surface area contributed by atoms with Crippen molar-refractivity contribution in [3.8, 4) is 11.5 Å². The molecule has 124 valence electrons. The van der Waals surface area contributed by atoms with Gasteiger partial charge in [-0.3, -0.25) is 4.79 Å². The summed E-state index contributed by atoms with van der Waals surface area (Å²) in [4.78, 5) is 17.5. The number of amides is 1. The van der Waals surface area contributed by atoms with Crippen molar-refractivity contribution in [1.29, 1.82) is 0 Å². The molecule has 1 amide bonds. The van der Waals surface area contributed by atoms with Gasteiger partial charge in [0.05, 0.1) is 19.3 Å². The number of nitrogens with two attached hydrogens (primary N) is 1. The fraction of sp³-hybridized carbons (Fsp3) is 0.294. The predicted molar refractivity (Wildman–Crippen MR) is 92.2 cm³/mol. The second-order valence-electron chi connectivity index (χ2n) is 5.78. The number of nitrogens with zero attached hydrogens (tertiary/aromatic N) is 1. The van der Waals surface area contributed by atoms with E-state index >= 15 is 0 Å². The van der Waals surface area contributed by atoms with Crippen LogP contribution in [0.1, 0.15) is 28.5 Å². The highest BCUT2D eigenvalue weighted by atomic mass is 32.1. The summed E-state index contributed by atoms with van der Waals surface area (Å²) >= 11 is 1.45. The molecule has 2 aliphatic heterocycles. The lowest BCUT2D eigenvalue weighted by molar-refractivity contribution is -0.121. The highest BCUT2D eigenvalue weighted by molar-refractivity contribution is 7.15. The van der Waals surface area contributed by atoms with Gasteiger partial charge in [0, 0.05) is 22.8 Å². The summed E-state index contributed by atoms with van der Waals surface area (Å²) in [7, 11) is 1.63. The molecule has 0 bridgehead atoms. The van der Waals surface area contributed by atoms with Crippen LogP contribution in [-0.2, 0) is 11.3 Å². The summed E-state index contributed by atoms with van der Waals surface area (Å²) in [5.74, 6) is 1.41. The average Bonchev–Trinajstić information content (AvgIpc) is 2.90. The van der Waals surface area contributed by atoms with Gasteiger partial charge < -0.3 is 20.5 Å². The smallest absolute Gasteiger partial charge is 0.221 e. The Balaban J connectivity index is 1.77. The Morgan fingerprint density at radius 2 is 2.33 bits per heavy atom. The van der Waals surface area contributed by atoms with E-state index in [1.165, 1.54) is 11.3 Å². The number of para-hydroxylation sites is 1. The average molecular weight is 343 g/mol. The molecule has 0 saturated heterocycles.